The monoisotopic (exact) mass is 290 g/mol. The summed E-state index contributed by atoms with van der Waals surface area (Å²) in [6.45, 7) is 0. The second kappa shape index (κ2) is 5.14. The Morgan fingerprint density at radius 3 is 2.25 bits per heavy atom. The Kier molecular flexibility index (Phi) is 5.29. The third-order valence-corrected chi connectivity index (χ3v) is 2.17. The Hall–Kier alpha value is 0.330. The summed E-state index contributed by atoms with van der Waals surface area (Å²) in [4.78, 5) is 0. The first kappa shape index (κ1) is 12.3. The largest absolute Gasteiger partial charge is 0.323 e. The fourth-order valence-electron chi connectivity index (χ4n) is 0.661. The molecule has 0 aromatic heterocycles. The first-order valence-corrected chi connectivity index (χ1v) is 3.89. The molecule has 0 amide bonds. The number of rotatable bonds is 1. The summed E-state index contributed by atoms with van der Waals surface area (Å²) in [5.41, 5.74) is 2.89. The van der Waals surface area contributed by atoms with Crippen molar-refractivity contribution in [3.8, 4) is 0 Å². The van der Waals surface area contributed by atoms with Crippen molar-refractivity contribution >= 4 is 57.5 Å². The topological polar surface area (TPSA) is 38.0 Å². The number of nitrogens with one attached hydrogen (secondary N) is 1. The quantitative estimate of drug-likeness (QED) is 0.472. The van der Waals surface area contributed by atoms with Gasteiger partial charge in [-0.1, -0.05) is 34.8 Å². The summed E-state index contributed by atoms with van der Waals surface area (Å²) in [5.74, 6) is 5.14. The molecule has 1 aromatic rings. The van der Waals surface area contributed by atoms with E-state index in [0.29, 0.717) is 20.8 Å². The summed E-state index contributed by atoms with van der Waals surface area (Å²) >= 11 is 17.1. The fourth-order valence-corrected chi connectivity index (χ4v) is 1.32. The van der Waals surface area contributed by atoms with Crippen molar-refractivity contribution in [2.24, 2.45) is 5.84 Å². The van der Waals surface area contributed by atoms with Crippen LogP contribution in [0.2, 0.25) is 15.1 Å². The van der Waals surface area contributed by atoms with Gasteiger partial charge in [0.2, 0.25) is 0 Å². The Morgan fingerprint density at radius 2 is 1.75 bits per heavy atom. The maximum absolute atomic E-state index is 5.73. The highest BCUT2D eigenvalue weighted by atomic mass is 79.9. The van der Waals surface area contributed by atoms with Gasteiger partial charge in [0.15, 0.2) is 0 Å². The lowest BCUT2D eigenvalue weighted by molar-refractivity contribution is 1.35. The maximum atomic E-state index is 5.73. The van der Waals surface area contributed by atoms with E-state index in [9.17, 15) is 0 Å². The summed E-state index contributed by atoms with van der Waals surface area (Å²) < 4.78 is 0. The van der Waals surface area contributed by atoms with Crippen LogP contribution in [0, 0.1) is 0 Å². The SMILES string of the molecule is Br.NNc1cc(Cl)cc(Cl)c1Cl. The minimum atomic E-state index is 0. The molecule has 1 rings (SSSR count). The van der Waals surface area contributed by atoms with Crippen LogP contribution in [0.1, 0.15) is 0 Å². The molecule has 0 saturated carbocycles. The van der Waals surface area contributed by atoms with Gasteiger partial charge in [-0.25, -0.2) is 0 Å². The lowest BCUT2D eigenvalue weighted by Crippen LogP contribution is -2.07. The van der Waals surface area contributed by atoms with Gasteiger partial charge < -0.3 is 5.43 Å². The van der Waals surface area contributed by atoms with Gasteiger partial charge in [0.25, 0.3) is 0 Å². The van der Waals surface area contributed by atoms with Gasteiger partial charge in [-0.15, -0.1) is 17.0 Å². The van der Waals surface area contributed by atoms with Gasteiger partial charge in [0, 0.05) is 5.02 Å². The summed E-state index contributed by atoms with van der Waals surface area (Å²) in [7, 11) is 0. The molecule has 0 aliphatic carbocycles. The van der Waals surface area contributed by atoms with E-state index in [2.05, 4.69) is 5.43 Å². The van der Waals surface area contributed by atoms with Crippen LogP contribution in [0.4, 0.5) is 5.69 Å². The molecule has 2 nitrogen and oxygen atoms in total. The Morgan fingerprint density at radius 1 is 1.17 bits per heavy atom. The minimum Gasteiger partial charge on any atom is -0.323 e. The highest BCUT2D eigenvalue weighted by Gasteiger charge is 2.04. The standard InChI is InChI=1S/C6H5Cl3N2.BrH/c7-3-1-4(8)6(9)5(2-3)11-10;/h1-2,11H,10H2;1H. The molecule has 0 radical (unpaired) electrons. The molecular weight excluding hydrogens is 286 g/mol. The van der Waals surface area contributed by atoms with E-state index < -0.39 is 0 Å². The third kappa shape index (κ3) is 2.68. The van der Waals surface area contributed by atoms with E-state index in [1.54, 1.807) is 12.1 Å². The zero-order valence-corrected chi connectivity index (χ0v) is 9.76. The van der Waals surface area contributed by atoms with Crippen molar-refractivity contribution in [1.82, 2.24) is 0 Å². The van der Waals surface area contributed by atoms with Crippen molar-refractivity contribution < 1.29 is 0 Å². The van der Waals surface area contributed by atoms with Crippen molar-refractivity contribution in [2.75, 3.05) is 5.43 Å². The fraction of sp³-hybridized carbons (Fsp3) is 0. The molecule has 0 aliphatic rings. The Labute approximate surface area is 95.7 Å². The van der Waals surface area contributed by atoms with Crippen molar-refractivity contribution in [1.29, 1.82) is 0 Å². The molecule has 0 fully saturated rings. The molecule has 68 valence electrons. The zero-order chi connectivity index (χ0) is 8.43. The normalized spacial score (nSPS) is 9.00. The molecule has 0 heterocycles. The summed E-state index contributed by atoms with van der Waals surface area (Å²) in [5, 5.41) is 1.25. The van der Waals surface area contributed by atoms with Crippen LogP contribution in [0.5, 0.6) is 0 Å². The average molecular weight is 292 g/mol. The number of nitrogens with two attached hydrogens (primary N) is 1. The number of anilines is 1. The highest BCUT2D eigenvalue weighted by molar-refractivity contribution is 8.93. The van der Waals surface area contributed by atoms with E-state index in [-0.39, 0.29) is 17.0 Å². The van der Waals surface area contributed by atoms with Crippen LogP contribution < -0.4 is 11.3 Å². The maximum Gasteiger partial charge on any atom is 0.0837 e. The van der Waals surface area contributed by atoms with E-state index in [0.717, 1.165) is 0 Å². The van der Waals surface area contributed by atoms with Gasteiger partial charge in [-0.05, 0) is 12.1 Å². The first-order chi connectivity index (χ1) is 5.15. The number of halogens is 4. The van der Waals surface area contributed by atoms with Gasteiger partial charge in [-0.3, -0.25) is 5.84 Å². The van der Waals surface area contributed by atoms with Crippen LogP contribution in [0.25, 0.3) is 0 Å². The van der Waals surface area contributed by atoms with E-state index >= 15 is 0 Å². The van der Waals surface area contributed by atoms with Gasteiger partial charge in [0.05, 0.1) is 15.7 Å². The summed E-state index contributed by atoms with van der Waals surface area (Å²) in [6.07, 6.45) is 0. The number of hydrogen-bond acceptors (Lipinski definition) is 2. The van der Waals surface area contributed by atoms with Crippen LogP contribution in [0.3, 0.4) is 0 Å². The second-order valence-electron chi connectivity index (χ2n) is 1.89. The van der Waals surface area contributed by atoms with Gasteiger partial charge in [0.1, 0.15) is 0 Å². The molecule has 0 spiro atoms. The minimum absolute atomic E-state index is 0. The summed E-state index contributed by atoms with van der Waals surface area (Å²) in [6, 6.07) is 3.14. The van der Waals surface area contributed by atoms with Crippen molar-refractivity contribution in [2.45, 2.75) is 0 Å². The molecule has 0 saturated heterocycles. The van der Waals surface area contributed by atoms with Crippen molar-refractivity contribution in [3.63, 3.8) is 0 Å². The van der Waals surface area contributed by atoms with Crippen LogP contribution in [-0.2, 0) is 0 Å². The molecular formula is C6H6BrCl3N2. The second-order valence-corrected chi connectivity index (χ2v) is 3.12. The number of hydrogen-bond donors (Lipinski definition) is 2. The predicted octanol–water partition coefficient (Wildman–Crippen LogP) is 3.51. The van der Waals surface area contributed by atoms with E-state index in [1.807, 2.05) is 0 Å². The Bertz CT molecular complexity index is 280. The highest BCUT2D eigenvalue weighted by Crippen LogP contribution is 2.32. The van der Waals surface area contributed by atoms with Crippen molar-refractivity contribution in [3.05, 3.63) is 27.2 Å². The van der Waals surface area contributed by atoms with E-state index in [1.165, 1.54) is 0 Å². The van der Waals surface area contributed by atoms with E-state index in [4.69, 9.17) is 40.6 Å². The van der Waals surface area contributed by atoms with Crippen LogP contribution in [-0.4, -0.2) is 0 Å². The number of nitrogen functional groups attached to an aromatic ring is 1. The third-order valence-electron chi connectivity index (χ3n) is 1.15. The molecule has 3 N–H and O–H groups in total. The smallest absolute Gasteiger partial charge is 0.0837 e. The molecule has 1 aromatic carbocycles. The molecule has 0 aliphatic heterocycles. The number of benzene rings is 1. The molecule has 0 unspecified atom stereocenters. The first-order valence-electron chi connectivity index (χ1n) is 2.76. The zero-order valence-electron chi connectivity index (χ0n) is 5.77. The van der Waals surface area contributed by atoms with Crippen LogP contribution >= 0.6 is 51.8 Å². The average Bonchev–Trinajstić information content (AvgIpc) is 1.96. The molecule has 6 heteroatoms. The Balaban J connectivity index is 0.00000121. The van der Waals surface area contributed by atoms with Gasteiger partial charge >= 0.3 is 0 Å². The molecule has 0 bridgehead atoms. The lowest BCUT2D eigenvalue weighted by Gasteiger charge is -2.04. The molecule has 12 heavy (non-hydrogen) atoms. The predicted molar refractivity (Wildman–Crippen MR) is 59.6 cm³/mol. The van der Waals surface area contributed by atoms with Gasteiger partial charge in [-0.2, -0.15) is 0 Å². The number of hydrazine groups is 1. The lowest BCUT2D eigenvalue weighted by atomic mass is 10.3. The van der Waals surface area contributed by atoms with Crippen LogP contribution in [0.15, 0.2) is 12.1 Å². The molecule has 0 atom stereocenters.